The minimum Gasteiger partial charge on any atom is -0.378 e. The van der Waals surface area contributed by atoms with E-state index in [0.717, 1.165) is 54.3 Å². The summed E-state index contributed by atoms with van der Waals surface area (Å²) in [5, 5.41) is 1.06. The maximum atomic E-state index is 5.71. The zero-order valence-corrected chi connectivity index (χ0v) is 12.0. The van der Waals surface area contributed by atoms with Crippen molar-refractivity contribution in [3.05, 3.63) is 30.7 Å². The second-order valence-electron chi connectivity index (χ2n) is 5.16. The molecular formula is C15H16N6O. The molecule has 0 aliphatic carbocycles. The van der Waals surface area contributed by atoms with Crippen LogP contribution in [0.2, 0.25) is 0 Å². The zero-order valence-electron chi connectivity index (χ0n) is 12.0. The number of ether oxygens (including phenoxy) is 1. The highest BCUT2D eigenvalue weighted by molar-refractivity contribution is 6.02. The van der Waals surface area contributed by atoms with E-state index in [-0.39, 0.29) is 5.95 Å². The van der Waals surface area contributed by atoms with Gasteiger partial charge in [0.15, 0.2) is 0 Å². The molecular weight excluding hydrogens is 280 g/mol. The van der Waals surface area contributed by atoms with Crippen LogP contribution in [0.15, 0.2) is 30.7 Å². The van der Waals surface area contributed by atoms with Crippen molar-refractivity contribution in [3.8, 4) is 11.3 Å². The molecule has 7 nitrogen and oxygen atoms in total. The number of nitrogens with zero attached hydrogens (tertiary/aromatic N) is 4. The molecule has 0 unspecified atom stereocenters. The maximum absolute atomic E-state index is 5.71. The number of anilines is 2. The number of hydrogen-bond donors (Lipinski definition) is 2. The largest absolute Gasteiger partial charge is 0.378 e. The van der Waals surface area contributed by atoms with Gasteiger partial charge in [0.2, 0.25) is 5.95 Å². The number of morpholine rings is 1. The van der Waals surface area contributed by atoms with Crippen LogP contribution in [-0.4, -0.2) is 46.2 Å². The third-order valence-electron chi connectivity index (χ3n) is 3.85. The van der Waals surface area contributed by atoms with Crippen LogP contribution < -0.4 is 10.6 Å². The first kappa shape index (κ1) is 13.0. The lowest BCUT2D eigenvalue weighted by Gasteiger charge is -2.29. The van der Waals surface area contributed by atoms with E-state index >= 15 is 0 Å². The molecule has 1 aliphatic heterocycles. The Bertz CT molecular complexity index is 809. The van der Waals surface area contributed by atoms with Crippen molar-refractivity contribution < 1.29 is 4.74 Å². The summed E-state index contributed by atoms with van der Waals surface area (Å²) in [6.07, 6.45) is 5.41. The second kappa shape index (κ2) is 5.27. The van der Waals surface area contributed by atoms with Crippen LogP contribution in [0.25, 0.3) is 22.3 Å². The molecule has 0 aromatic carbocycles. The Kier molecular flexibility index (Phi) is 3.12. The Hall–Kier alpha value is -2.67. The number of nitrogens with one attached hydrogen (secondary N) is 1. The lowest BCUT2D eigenvalue weighted by molar-refractivity contribution is 0.123. The molecule has 1 fully saturated rings. The number of nitrogen functional groups attached to an aromatic ring is 1. The molecule has 3 aromatic rings. The molecule has 7 heteroatoms. The van der Waals surface area contributed by atoms with E-state index < -0.39 is 0 Å². The number of fused-ring (bicyclic) bond motifs is 1. The molecule has 4 rings (SSSR count). The fourth-order valence-corrected chi connectivity index (χ4v) is 2.83. The van der Waals surface area contributed by atoms with Crippen molar-refractivity contribution >= 4 is 22.7 Å². The van der Waals surface area contributed by atoms with Gasteiger partial charge in [-0.3, -0.25) is 0 Å². The molecule has 0 radical (unpaired) electrons. The Morgan fingerprint density at radius 3 is 2.77 bits per heavy atom. The average molecular weight is 296 g/mol. The lowest BCUT2D eigenvalue weighted by Crippen LogP contribution is -2.36. The molecule has 0 amide bonds. The van der Waals surface area contributed by atoms with Gasteiger partial charge in [0.05, 0.1) is 30.0 Å². The highest BCUT2D eigenvalue weighted by Crippen LogP contribution is 2.34. The lowest BCUT2D eigenvalue weighted by atomic mass is 10.1. The highest BCUT2D eigenvalue weighted by Gasteiger charge is 2.18. The second-order valence-corrected chi connectivity index (χ2v) is 5.16. The highest BCUT2D eigenvalue weighted by atomic mass is 16.5. The summed E-state index contributed by atoms with van der Waals surface area (Å²) in [6.45, 7) is 3.22. The van der Waals surface area contributed by atoms with Crippen molar-refractivity contribution in [2.75, 3.05) is 36.9 Å². The molecule has 3 aromatic heterocycles. The third-order valence-corrected chi connectivity index (χ3v) is 3.85. The zero-order chi connectivity index (χ0) is 14.9. The topological polar surface area (TPSA) is 93.0 Å². The molecule has 0 saturated carbocycles. The molecule has 112 valence electrons. The SMILES string of the molecule is Nc1nccc(-c2c[nH]c3nccc(N4CCOCC4)c23)n1. The summed E-state index contributed by atoms with van der Waals surface area (Å²) in [6, 6.07) is 3.89. The van der Waals surface area contributed by atoms with Gasteiger partial charge in [-0.15, -0.1) is 0 Å². The summed E-state index contributed by atoms with van der Waals surface area (Å²) < 4.78 is 5.44. The van der Waals surface area contributed by atoms with Gasteiger partial charge in [0.25, 0.3) is 0 Å². The normalized spacial score (nSPS) is 15.4. The van der Waals surface area contributed by atoms with Gasteiger partial charge in [-0.2, -0.15) is 0 Å². The molecule has 0 atom stereocenters. The Morgan fingerprint density at radius 1 is 1.14 bits per heavy atom. The van der Waals surface area contributed by atoms with Gasteiger partial charge in [-0.05, 0) is 12.1 Å². The number of rotatable bonds is 2. The molecule has 3 N–H and O–H groups in total. The smallest absolute Gasteiger partial charge is 0.220 e. The number of pyridine rings is 1. The first-order chi connectivity index (χ1) is 10.8. The van der Waals surface area contributed by atoms with Crippen LogP contribution in [0.3, 0.4) is 0 Å². The summed E-state index contributed by atoms with van der Waals surface area (Å²) in [4.78, 5) is 18.2. The summed E-state index contributed by atoms with van der Waals surface area (Å²) >= 11 is 0. The third kappa shape index (κ3) is 2.15. The predicted molar refractivity (Wildman–Crippen MR) is 84.6 cm³/mol. The van der Waals surface area contributed by atoms with Gasteiger partial charge in [0, 0.05) is 37.2 Å². The van der Waals surface area contributed by atoms with Crippen LogP contribution in [-0.2, 0) is 4.74 Å². The number of aromatic amines is 1. The molecule has 0 bridgehead atoms. The van der Waals surface area contributed by atoms with E-state index in [2.05, 4.69) is 24.8 Å². The van der Waals surface area contributed by atoms with Gasteiger partial charge in [0.1, 0.15) is 5.65 Å². The average Bonchev–Trinajstić information content (AvgIpc) is 3.00. The fourth-order valence-electron chi connectivity index (χ4n) is 2.83. The number of hydrogen-bond acceptors (Lipinski definition) is 6. The van der Waals surface area contributed by atoms with Gasteiger partial charge in [-0.25, -0.2) is 15.0 Å². The van der Waals surface area contributed by atoms with Crippen LogP contribution in [0.4, 0.5) is 11.6 Å². The monoisotopic (exact) mass is 296 g/mol. The van der Waals surface area contributed by atoms with E-state index in [0.29, 0.717) is 0 Å². The number of nitrogens with two attached hydrogens (primary N) is 1. The van der Waals surface area contributed by atoms with E-state index in [4.69, 9.17) is 10.5 Å². The summed E-state index contributed by atoms with van der Waals surface area (Å²) in [5.41, 5.74) is 9.48. The van der Waals surface area contributed by atoms with Crippen LogP contribution in [0, 0.1) is 0 Å². The first-order valence-electron chi connectivity index (χ1n) is 7.20. The van der Waals surface area contributed by atoms with Crippen molar-refractivity contribution in [3.63, 3.8) is 0 Å². The van der Waals surface area contributed by atoms with Gasteiger partial charge in [-0.1, -0.05) is 0 Å². The summed E-state index contributed by atoms with van der Waals surface area (Å²) in [7, 11) is 0. The van der Waals surface area contributed by atoms with Gasteiger partial charge >= 0.3 is 0 Å². The predicted octanol–water partition coefficient (Wildman–Crippen LogP) is 1.44. The standard InChI is InChI=1S/C15H16N6O/c16-15-18-3-1-11(20-15)10-9-19-14-13(10)12(2-4-17-14)21-5-7-22-8-6-21/h1-4,9H,5-8H2,(H,17,19)(H2,16,18,20). The van der Waals surface area contributed by atoms with E-state index in [1.54, 1.807) is 6.20 Å². The Labute approximate surface area is 127 Å². The fraction of sp³-hybridized carbons (Fsp3) is 0.267. The number of H-pyrrole nitrogens is 1. The molecule has 4 heterocycles. The maximum Gasteiger partial charge on any atom is 0.220 e. The van der Waals surface area contributed by atoms with Crippen LogP contribution in [0.5, 0.6) is 0 Å². The van der Waals surface area contributed by atoms with Crippen molar-refractivity contribution in [1.82, 2.24) is 19.9 Å². The Balaban J connectivity index is 1.89. The minimum absolute atomic E-state index is 0.267. The first-order valence-corrected chi connectivity index (χ1v) is 7.20. The van der Waals surface area contributed by atoms with Crippen molar-refractivity contribution in [2.45, 2.75) is 0 Å². The number of aromatic nitrogens is 4. The minimum atomic E-state index is 0.267. The molecule has 0 spiro atoms. The van der Waals surface area contributed by atoms with E-state index in [1.807, 2.05) is 24.5 Å². The molecule has 22 heavy (non-hydrogen) atoms. The van der Waals surface area contributed by atoms with Crippen LogP contribution in [0.1, 0.15) is 0 Å². The molecule has 1 saturated heterocycles. The van der Waals surface area contributed by atoms with Crippen molar-refractivity contribution in [1.29, 1.82) is 0 Å². The quantitative estimate of drug-likeness (QED) is 0.743. The van der Waals surface area contributed by atoms with Crippen LogP contribution >= 0.6 is 0 Å². The summed E-state index contributed by atoms with van der Waals surface area (Å²) in [5.74, 6) is 0.267. The Morgan fingerprint density at radius 2 is 1.95 bits per heavy atom. The van der Waals surface area contributed by atoms with E-state index in [9.17, 15) is 0 Å². The van der Waals surface area contributed by atoms with Gasteiger partial charge < -0.3 is 20.4 Å². The van der Waals surface area contributed by atoms with E-state index in [1.165, 1.54) is 0 Å². The van der Waals surface area contributed by atoms with Crippen molar-refractivity contribution in [2.24, 2.45) is 0 Å². The molecule has 1 aliphatic rings.